The van der Waals surface area contributed by atoms with Gasteiger partial charge in [-0.25, -0.2) is 4.98 Å². The average Bonchev–Trinajstić information content (AvgIpc) is 2.90. The number of carbonyl (C=O) groups excluding carboxylic acids is 1. The second-order valence-corrected chi connectivity index (χ2v) is 9.25. The lowest BCUT2D eigenvalue weighted by Crippen LogP contribution is -2.45. The van der Waals surface area contributed by atoms with E-state index in [0.29, 0.717) is 23.4 Å². The Balaban J connectivity index is 1.46. The number of oxime groups is 1. The summed E-state index contributed by atoms with van der Waals surface area (Å²) in [6.45, 7) is 8.17. The summed E-state index contributed by atoms with van der Waals surface area (Å²) in [5, 5.41) is 15.9. The number of nitrogens with zero attached hydrogens (tertiary/aromatic N) is 2. The number of nitrogens with one attached hydrogen (secondary N) is 2. The van der Waals surface area contributed by atoms with Crippen LogP contribution in [0.25, 0.3) is 0 Å². The van der Waals surface area contributed by atoms with Crippen LogP contribution in [-0.4, -0.2) is 41.1 Å². The molecular weight excluding hydrogens is 474 g/mol. The van der Waals surface area contributed by atoms with Gasteiger partial charge in [-0.15, -0.1) is 0 Å². The minimum Gasteiger partial charge on any atom is -0.489 e. The van der Waals surface area contributed by atoms with Crippen molar-refractivity contribution in [2.45, 2.75) is 39.7 Å². The van der Waals surface area contributed by atoms with Crippen molar-refractivity contribution in [2.24, 2.45) is 5.16 Å². The van der Waals surface area contributed by atoms with Gasteiger partial charge in [-0.05, 0) is 80.8 Å². The molecule has 0 bridgehead atoms. The molecule has 1 atom stereocenters. The van der Waals surface area contributed by atoms with Gasteiger partial charge in [-0.1, -0.05) is 5.16 Å². The van der Waals surface area contributed by atoms with Crippen molar-refractivity contribution in [3.63, 3.8) is 0 Å². The maximum atomic E-state index is 12.4. The van der Waals surface area contributed by atoms with Gasteiger partial charge < -0.3 is 25.4 Å². The van der Waals surface area contributed by atoms with Crippen LogP contribution in [0.3, 0.4) is 0 Å². The number of hydrogen-bond donors (Lipinski definition) is 4. The number of aromatic nitrogens is 1. The number of anilines is 3. The van der Waals surface area contributed by atoms with Gasteiger partial charge in [0.2, 0.25) is 0 Å². The fourth-order valence-corrected chi connectivity index (χ4v) is 4.28. The molecule has 1 aliphatic heterocycles. The number of pyridine rings is 1. The van der Waals surface area contributed by atoms with Crippen LogP contribution in [0.4, 0.5) is 17.2 Å². The number of rotatable bonds is 7. The number of carbonyl (C=O) groups is 1. The number of amides is 1. The molecule has 10 heteroatoms. The summed E-state index contributed by atoms with van der Waals surface area (Å²) in [5.74, 6) is 1.30. The Morgan fingerprint density at radius 1 is 1.16 bits per heavy atom. The second kappa shape index (κ2) is 10.4. The minimum absolute atomic E-state index is 0.252. The third-order valence-electron chi connectivity index (χ3n) is 6.49. The zero-order valence-electron chi connectivity index (χ0n) is 21.5. The zero-order valence-corrected chi connectivity index (χ0v) is 21.5. The highest BCUT2D eigenvalue weighted by atomic mass is 16.6. The molecule has 0 saturated carbocycles. The normalized spacial score (nSPS) is 17.5. The third-order valence-corrected chi connectivity index (χ3v) is 6.49. The molecule has 194 valence electrons. The van der Waals surface area contributed by atoms with E-state index in [1.165, 1.54) is 19.4 Å². The highest BCUT2D eigenvalue weighted by molar-refractivity contribution is 6.07. The monoisotopic (exact) mass is 505 g/mol. The topological polar surface area (TPSA) is 140 Å². The zero-order chi connectivity index (χ0) is 26.7. The summed E-state index contributed by atoms with van der Waals surface area (Å²) in [5.41, 5.74) is 13.8. The molecule has 2 heterocycles. The van der Waals surface area contributed by atoms with Crippen molar-refractivity contribution in [1.82, 2.24) is 4.98 Å². The fraction of sp³-hybridized carbons (Fsp3) is 0.296. The van der Waals surface area contributed by atoms with E-state index in [1.807, 2.05) is 33.2 Å². The molecule has 10 nitrogen and oxygen atoms in total. The molecular formula is C27H31N5O5. The first-order valence-electron chi connectivity index (χ1n) is 11.7. The van der Waals surface area contributed by atoms with Crippen LogP contribution in [-0.2, 0) is 4.84 Å². The molecule has 0 saturated heterocycles. The molecule has 0 aliphatic carbocycles. The average molecular weight is 506 g/mol. The van der Waals surface area contributed by atoms with Gasteiger partial charge in [0.1, 0.15) is 36.6 Å². The third kappa shape index (κ3) is 5.29. The largest absolute Gasteiger partial charge is 0.489 e. The van der Waals surface area contributed by atoms with Gasteiger partial charge in [-0.2, -0.15) is 0 Å². The van der Waals surface area contributed by atoms with Crippen LogP contribution in [0, 0.1) is 20.8 Å². The first kappa shape index (κ1) is 25.8. The molecule has 1 aliphatic rings. The highest BCUT2D eigenvalue weighted by Gasteiger charge is 2.39. The summed E-state index contributed by atoms with van der Waals surface area (Å²) < 4.78 is 12.6. The molecule has 0 radical (unpaired) electrons. The molecule has 37 heavy (non-hydrogen) atoms. The van der Waals surface area contributed by atoms with E-state index in [0.717, 1.165) is 39.4 Å². The van der Waals surface area contributed by atoms with Gasteiger partial charge in [0.15, 0.2) is 0 Å². The van der Waals surface area contributed by atoms with Crippen molar-refractivity contribution in [2.75, 3.05) is 30.2 Å². The van der Waals surface area contributed by atoms with Crippen LogP contribution >= 0.6 is 0 Å². The lowest BCUT2D eigenvalue weighted by molar-refractivity contribution is 0.0353. The number of hydrogen-bond acceptors (Lipinski definition) is 9. The Morgan fingerprint density at radius 3 is 2.51 bits per heavy atom. The molecule has 4 rings (SSSR count). The summed E-state index contributed by atoms with van der Waals surface area (Å²) >= 11 is 0. The lowest BCUT2D eigenvalue weighted by atomic mass is 9.85. The van der Waals surface area contributed by atoms with Gasteiger partial charge in [0, 0.05) is 29.6 Å². The molecule has 5 N–H and O–H groups in total. The summed E-state index contributed by atoms with van der Waals surface area (Å²) in [7, 11) is 1.52. The van der Waals surface area contributed by atoms with Crippen LogP contribution in [0.2, 0.25) is 0 Å². The second-order valence-electron chi connectivity index (χ2n) is 9.25. The van der Waals surface area contributed by atoms with Crippen molar-refractivity contribution in [3.05, 3.63) is 70.4 Å². The maximum absolute atomic E-state index is 12.4. The van der Waals surface area contributed by atoms with Crippen molar-refractivity contribution >= 4 is 28.8 Å². The predicted octanol–water partition coefficient (Wildman–Crippen LogP) is 4.61. The van der Waals surface area contributed by atoms with E-state index in [4.69, 9.17) is 25.3 Å². The van der Waals surface area contributed by atoms with E-state index in [2.05, 4.69) is 15.5 Å². The van der Waals surface area contributed by atoms with Crippen molar-refractivity contribution < 1.29 is 24.3 Å². The number of benzene rings is 2. The summed E-state index contributed by atoms with van der Waals surface area (Å²) in [4.78, 5) is 21.5. The predicted molar refractivity (Wildman–Crippen MR) is 142 cm³/mol. The molecule has 2 aromatic carbocycles. The smallest absolute Gasteiger partial charge is 0.257 e. The highest BCUT2D eigenvalue weighted by Crippen LogP contribution is 2.42. The Morgan fingerprint density at radius 2 is 1.89 bits per heavy atom. The van der Waals surface area contributed by atoms with Gasteiger partial charge in [0.25, 0.3) is 5.91 Å². The molecule has 0 fully saturated rings. The first-order valence-corrected chi connectivity index (χ1v) is 11.7. The Hall–Kier alpha value is -4.31. The quantitative estimate of drug-likeness (QED) is 0.269. The minimum atomic E-state index is -0.695. The van der Waals surface area contributed by atoms with Crippen LogP contribution in [0.15, 0.2) is 47.8 Å². The van der Waals surface area contributed by atoms with Gasteiger partial charge in [-0.3, -0.25) is 15.5 Å². The summed E-state index contributed by atoms with van der Waals surface area (Å²) in [6, 6.07) is 10.1. The first-order chi connectivity index (χ1) is 17.7. The molecule has 1 aromatic heterocycles. The lowest BCUT2D eigenvalue weighted by Gasteiger charge is -2.38. The van der Waals surface area contributed by atoms with Crippen molar-refractivity contribution in [3.8, 4) is 11.5 Å². The number of nitrogen functional groups attached to an aromatic ring is 1. The van der Waals surface area contributed by atoms with E-state index < -0.39 is 5.60 Å². The number of ether oxygens (including phenoxy) is 2. The van der Waals surface area contributed by atoms with Crippen LogP contribution in [0.1, 0.15) is 46.0 Å². The number of nitrogens with two attached hydrogens (primary N) is 1. The van der Waals surface area contributed by atoms with E-state index >= 15 is 0 Å². The maximum Gasteiger partial charge on any atom is 0.257 e. The molecule has 0 spiro atoms. The Labute approximate surface area is 215 Å². The molecule has 1 amide bonds. The van der Waals surface area contributed by atoms with Crippen LogP contribution in [0.5, 0.6) is 11.5 Å². The van der Waals surface area contributed by atoms with E-state index in [-0.39, 0.29) is 18.3 Å². The summed E-state index contributed by atoms with van der Waals surface area (Å²) in [6.07, 6.45) is 1.85. The fourth-order valence-electron chi connectivity index (χ4n) is 4.28. The van der Waals surface area contributed by atoms with E-state index in [1.54, 1.807) is 30.3 Å². The SMILES string of the molecule is CON=C1CC(C)(COc2ccc(NC(=O)c3ccc(NO)nc3)cc2)Oc2c(C)c(C)c(N)c(C)c21. The van der Waals surface area contributed by atoms with Gasteiger partial charge in [0.05, 0.1) is 11.3 Å². The molecule has 1 unspecified atom stereocenters. The standard InChI is InChI=1S/C27H31N5O5/c1-15-16(2)25-23(17(3)24(15)28)21(32-35-5)12-27(4,37-25)14-36-20-9-7-19(8-10-20)30-26(33)18-6-11-22(31-34)29-13-18/h6-11,13,34H,12,14,28H2,1-5H3,(H,29,31)(H,30,33). The molecule has 3 aromatic rings. The number of fused-ring (bicyclic) bond motifs is 1. The Kier molecular flexibility index (Phi) is 7.21. The van der Waals surface area contributed by atoms with Crippen molar-refractivity contribution in [1.29, 1.82) is 0 Å². The van der Waals surface area contributed by atoms with E-state index in [9.17, 15) is 4.79 Å². The van der Waals surface area contributed by atoms with Gasteiger partial charge >= 0.3 is 0 Å². The van der Waals surface area contributed by atoms with Crippen LogP contribution < -0.4 is 26.0 Å². The Bertz CT molecular complexity index is 1340.